The molecule has 0 radical (unpaired) electrons. The van der Waals surface area contributed by atoms with E-state index < -0.39 is 0 Å². The zero-order valence-electron chi connectivity index (χ0n) is 7.66. The molecular weight excluding hydrogens is 228 g/mol. The van der Waals surface area contributed by atoms with Gasteiger partial charge >= 0.3 is 0 Å². The molecule has 0 N–H and O–H groups in total. The van der Waals surface area contributed by atoms with Crippen LogP contribution in [0.15, 0.2) is 30.3 Å². The second-order valence-corrected chi connectivity index (χ2v) is 3.41. The molecule has 0 aliphatic carbocycles. The molecule has 1 aromatic rings. The van der Waals surface area contributed by atoms with Crippen molar-refractivity contribution in [2.24, 2.45) is 0 Å². The first kappa shape index (κ1) is 10.3. The maximum absolute atomic E-state index is 5.21. The minimum absolute atomic E-state index is 0.924. The topological polar surface area (TPSA) is 9.23 Å². The first-order valence-electron chi connectivity index (χ1n) is 4.24. The predicted octanol–water partition coefficient (Wildman–Crippen LogP) is 3.49. The standard InChI is InChI=1S/C11H13BrO/c1-13-11-8-3-2-6-10(11)7-4-5-9-12/h2-4,6-8H,5,9H2,1H3/b7-4+. The van der Waals surface area contributed by atoms with Crippen LogP contribution in [0.1, 0.15) is 12.0 Å². The maximum atomic E-state index is 5.21. The molecule has 1 nitrogen and oxygen atoms in total. The minimum Gasteiger partial charge on any atom is -0.496 e. The van der Waals surface area contributed by atoms with Gasteiger partial charge in [0.15, 0.2) is 0 Å². The van der Waals surface area contributed by atoms with Gasteiger partial charge in [-0.2, -0.15) is 0 Å². The second-order valence-electron chi connectivity index (χ2n) is 2.62. The summed E-state index contributed by atoms with van der Waals surface area (Å²) in [7, 11) is 1.69. The summed E-state index contributed by atoms with van der Waals surface area (Å²) in [6.07, 6.45) is 5.25. The summed E-state index contributed by atoms with van der Waals surface area (Å²) in [4.78, 5) is 0. The fourth-order valence-electron chi connectivity index (χ4n) is 1.08. The number of hydrogen-bond donors (Lipinski definition) is 0. The predicted molar refractivity (Wildman–Crippen MR) is 60.4 cm³/mol. The minimum atomic E-state index is 0.924. The Bertz CT molecular complexity index is 281. The molecular formula is C11H13BrO. The Morgan fingerprint density at radius 2 is 2.15 bits per heavy atom. The van der Waals surface area contributed by atoms with Gasteiger partial charge in [-0.25, -0.2) is 0 Å². The van der Waals surface area contributed by atoms with Crippen LogP contribution in [0.2, 0.25) is 0 Å². The van der Waals surface area contributed by atoms with E-state index in [4.69, 9.17) is 4.74 Å². The molecule has 13 heavy (non-hydrogen) atoms. The summed E-state index contributed by atoms with van der Waals surface area (Å²) < 4.78 is 5.21. The van der Waals surface area contributed by atoms with E-state index in [2.05, 4.69) is 28.1 Å². The normalized spacial score (nSPS) is 10.6. The molecule has 0 heterocycles. The van der Waals surface area contributed by atoms with Crippen molar-refractivity contribution in [3.63, 3.8) is 0 Å². The molecule has 0 aromatic heterocycles. The van der Waals surface area contributed by atoms with Crippen LogP contribution in [0, 0.1) is 0 Å². The lowest BCUT2D eigenvalue weighted by Gasteiger charge is -2.02. The van der Waals surface area contributed by atoms with E-state index in [-0.39, 0.29) is 0 Å². The van der Waals surface area contributed by atoms with Crippen molar-refractivity contribution < 1.29 is 4.74 Å². The molecule has 70 valence electrons. The third kappa shape index (κ3) is 3.23. The fourth-order valence-corrected chi connectivity index (χ4v) is 1.34. The van der Waals surface area contributed by atoms with Crippen molar-refractivity contribution in [2.75, 3.05) is 12.4 Å². The van der Waals surface area contributed by atoms with Gasteiger partial charge in [-0.1, -0.05) is 46.3 Å². The van der Waals surface area contributed by atoms with E-state index in [0.717, 1.165) is 23.1 Å². The Morgan fingerprint density at radius 3 is 2.85 bits per heavy atom. The first-order valence-corrected chi connectivity index (χ1v) is 5.36. The highest BCUT2D eigenvalue weighted by molar-refractivity contribution is 9.09. The lowest BCUT2D eigenvalue weighted by Crippen LogP contribution is -1.85. The van der Waals surface area contributed by atoms with E-state index in [0.29, 0.717) is 0 Å². The summed E-state index contributed by atoms with van der Waals surface area (Å²) in [5.74, 6) is 0.924. The largest absolute Gasteiger partial charge is 0.496 e. The smallest absolute Gasteiger partial charge is 0.126 e. The number of ether oxygens (including phenoxy) is 1. The zero-order chi connectivity index (χ0) is 9.52. The summed E-state index contributed by atoms with van der Waals surface area (Å²) in [6.45, 7) is 0. The number of para-hydroxylation sites is 1. The van der Waals surface area contributed by atoms with E-state index in [1.165, 1.54) is 0 Å². The Labute approximate surface area is 87.5 Å². The van der Waals surface area contributed by atoms with Crippen molar-refractivity contribution >= 4 is 22.0 Å². The number of hydrogen-bond acceptors (Lipinski definition) is 1. The lowest BCUT2D eigenvalue weighted by atomic mass is 10.2. The van der Waals surface area contributed by atoms with Crippen molar-refractivity contribution in [1.82, 2.24) is 0 Å². The third-order valence-corrected chi connectivity index (χ3v) is 2.17. The first-order chi connectivity index (χ1) is 6.38. The number of allylic oxidation sites excluding steroid dienone is 1. The van der Waals surface area contributed by atoms with Gasteiger partial charge in [0, 0.05) is 10.9 Å². The molecule has 0 amide bonds. The monoisotopic (exact) mass is 240 g/mol. The Balaban J connectivity index is 2.74. The molecule has 0 aliphatic rings. The molecule has 0 saturated heterocycles. The quantitative estimate of drug-likeness (QED) is 0.733. The molecule has 1 aromatic carbocycles. The van der Waals surface area contributed by atoms with E-state index in [1.807, 2.05) is 24.3 Å². The van der Waals surface area contributed by atoms with Gasteiger partial charge in [-0.15, -0.1) is 0 Å². The van der Waals surface area contributed by atoms with E-state index in [9.17, 15) is 0 Å². The van der Waals surface area contributed by atoms with Gasteiger partial charge < -0.3 is 4.74 Å². The van der Waals surface area contributed by atoms with Crippen molar-refractivity contribution in [1.29, 1.82) is 0 Å². The highest BCUT2D eigenvalue weighted by Gasteiger charge is 1.95. The van der Waals surface area contributed by atoms with Gasteiger partial charge in [0.2, 0.25) is 0 Å². The molecule has 0 saturated carbocycles. The highest BCUT2D eigenvalue weighted by atomic mass is 79.9. The third-order valence-electron chi connectivity index (χ3n) is 1.71. The van der Waals surface area contributed by atoms with Gasteiger partial charge in [-0.05, 0) is 12.5 Å². The summed E-state index contributed by atoms with van der Waals surface area (Å²) in [5.41, 5.74) is 1.13. The lowest BCUT2D eigenvalue weighted by molar-refractivity contribution is 0.414. The number of benzene rings is 1. The molecule has 1 rings (SSSR count). The fraction of sp³-hybridized carbons (Fsp3) is 0.273. The van der Waals surface area contributed by atoms with E-state index in [1.54, 1.807) is 7.11 Å². The van der Waals surface area contributed by atoms with Gasteiger partial charge in [0.25, 0.3) is 0 Å². The molecule has 0 atom stereocenters. The Morgan fingerprint density at radius 1 is 1.38 bits per heavy atom. The van der Waals surface area contributed by atoms with Gasteiger partial charge in [-0.3, -0.25) is 0 Å². The van der Waals surface area contributed by atoms with Crippen LogP contribution in [0.4, 0.5) is 0 Å². The molecule has 0 unspecified atom stereocenters. The number of rotatable bonds is 4. The second kappa shape index (κ2) is 5.81. The molecule has 0 fully saturated rings. The van der Waals surface area contributed by atoms with E-state index >= 15 is 0 Å². The van der Waals surface area contributed by atoms with Crippen LogP contribution in [0.25, 0.3) is 6.08 Å². The van der Waals surface area contributed by atoms with Crippen LogP contribution in [-0.4, -0.2) is 12.4 Å². The summed E-state index contributed by atoms with van der Waals surface area (Å²) in [6, 6.07) is 7.99. The molecule has 0 bridgehead atoms. The van der Waals surface area contributed by atoms with Crippen LogP contribution >= 0.6 is 15.9 Å². The Kier molecular flexibility index (Phi) is 4.61. The maximum Gasteiger partial charge on any atom is 0.126 e. The molecule has 2 heteroatoms. The van der Waals surface area contributed by atoms with Crippen molar-refractivity contribution in [3.05, 3.63) is 35.9 Å². The van der Waals surface area contributed by atoms with Gasteiger partial charge in [0.05, 0.1) is 7.11 Å². The average molecular weight is 241 g/mol. The number of halogens is 1. The number of methoxy groups -OCH3 is 1. The van der Waals surface area contributed by atoms with Crippen LogP contribution in [-0.2, 0) is 0 Å². The van der Waals surface area contributed by atoms with Crippen molar-refractivity contribution in [3.8, 4) is 5.75 Å². The summed E-state index contributed by atoms with van der Waals surface area (Å²) in [5, 5.41) is 0.999. The zero-order valence-corrected chi connectivity index (χ0v) is 9.25. The highest BCUT2D eigenvalue weighted by Crippen LogP contribution is 2.18. The summed E-state index contributed by atoms with van der Waals surface area (Å²) >= 11 is 3.38. The van der Waals surface area contributed by atoms with Crippen LogP contribution < -0.4 is 4.74 Å². The van der Waals surface area contributed by atoms with Crippen molar-refractivity contribution in [2.45, 2.75) is 6.42 Å². The Hall–Kier alpha value is -0.760. The molecule has 0 aliphatic heterocycles. The molecule has 0 spiro atoms. The number of alkyl halides is 1. The average Bonchev–Trinajstić information content (AvgIpc) is 2.19. The van der Waals surface area contributed by atoms with Crippen LogP contribution in [0.3, 0.4) is 0 Å². The van der Waals surface area contributed by atoms with Crippen LogP contribution in [0.5, 0.6) is 5.75 Å². The van der Waals surface area contributed by atoms with Gasteiger partial charge in [0.1, 0.15) is 5.75 Å². The SMILES string of the molecule is COc1ccccc1/C=C/CCBr.